The van der Waals surface area contributed by atoms with E-state index in [2.05, 4.69) is 15.9 Å². The summed E-state index contributed by atoms with van der Waals surface area (Å²) in [7, 11) is 1.40. The van der Waals surface area contributed by atoms with E-state index in [-0.39, 0.29) is 17.2 Å². The van der Waals surface area contributed by atoms with Gasteiger partial charge in [0.15, 0.2) is 0 Å². The number of anilines is 1. The Hall–Kier alpha value is -0.750. The Morgan fingerprint density at radius 3 is 2.84 bits per heavy atom. The van der Waals surface area contributed by atoms with E-state index in [9.17, 15) is 9.18 Å². The predicted octanol–water partition coefficient (Wildman–Crippen LogP) is 3.61. The van der Waals surface area contributed by atoms with Crippen LogP contribution < -0.4 is 5.73 Å². The zero-order valence-electron chi connectivity index (χ0n) is 10.5. The van der Waals surface area contributed by atoms with Crippen LogP contribution >= 0.6 is 27.7 Å². The number of hydrogen-bond acceptors (Lipinski definition) is 4. The highest BCUT2D eigenvalue weighted by Crippen LogP contribution is 2.52. The number of benzene rings is 1. The Labute approximate surface area is 124 Å². The second kappa shape index (κ2) is 5.71. The van der Waals surface area contributed by atoms with Crippen LogP contribution in [0.3, 0.4) is 0 Å². The number of methoxy groups -OCH3 is 1. The first-order chi connectivity index (χ1) is 8.96. The smallest absolute Gasteiger partial charge is 0.306 e. The molecule has 0 amide bonds. The third kappa shape index (κ3) is 3.63. The maximum absolute atomic E-state index is 13.3. The molecule has 0 spiro atoms. The molecule has 0 heterocycles. The zero-order valence-corrected chi connectivity index (χ0v) is 12.9. The van der Waals surface area contributed by atoms with Gasteiger partial charge in [-0.3, -0.25) is 4.79 Å². The standard InChI is InChI=1S/C13H15BrFNO2S/c1-18-12(17)6-13(2-3-13)7-19-11-4-8(14)9(15)5-10(11)16/h4-5H,2-3,6-7,16H2,1H3. The molecule has 1 saturated carbocycles. The van der Waals surface area contributed by atoms with Crippen molar-refractivity contribution >= 4 is 39.3 Å². The van der Waals surface area contributed by atoms with Crippen LogP contribution in [0.25, 0.3) is 0 Å². The lowest BCUT2D eigenvalue weighted by Gasteiger charge is -2.14. The summed E-state index contributed by atoms with van der Waals surface area (Å²) < 4.78 is 18.4. The molecule has 1 fully saturated rings. The third-order valence-corrected chi connectivity index (χ3v) is 5.32. The Balaban J connectivity index is 1.99. The minimum absolute atomic E-state index is 0.0328. The van der Waals surface area contributed by atoms with E-state index in [0.29, 0.717) is 16.6 Å². The Bertz CT molecular complexity index is 506. The summed E-state index contributed by atoms with van der Waals surface area (Å²) >= 11 is 4.71. The van der Waals surface area contributed by atoms with Crippen molar-refractivity contribution in [2.75, 3.05) is 18.6 Å². The van der Waals surface area contributed by atoms with Gasteiger partial charge in [0, 0.05) is 16.3 Å². The van der Waals surface area contributed by atoms with Gasteiger partial charge in [0.1, 0.15) is 5.82 Å². The number of carbonyl (C=O) groups is 1. The lowest BCUT2D eigenvalue weighted by Crippen LogP contribution is -2.13. The van der Waals surface area contributed by atoms with Crippen molar-refractivity contribution in [2.45, 2.75) is 24.2 Å². The second-order valence-corrected chi connectivity index (χ2v) is 6.72. The summed E-state index contributed by atoms with van der Waals surface area (Å²) in [6, 6.07) is 3.00. The highest BCUT2D eigenvalue weighted by molar-refractivity contribution is 9.10. The van der Waals surface area contributed by atoms with Crippen LogP contribution in [0.1, 0.15) is 19.3 Å². The first kappa shape index (κ1) is 14.7. The summed E-state index contributed by atoms with van der Waals surface area (Å²) in [6.45, 7) is 0. The minimum Gasteiger partial charge on any atom is -0.469 e. The molecule has 0 bridgehead atoms. The fourth-order valence-electron chi connectivity index (χ4n) is 1.83. The molecule has 104 valence electrons. The summed E-state index contributed by atoms with van der Waals surface area (Å²) in [5.74, 6) is 0.258. The van der Waals surface area contributed by atoms with Gasteiger partial charge in [-0.2, -0.15) is 0 Å². The highest BCUT2D eigenvalue weighted by Gasteiger charge is 2.44. The van der Waals surface area contributed by atoms with Crippen LogP contribution in [-0.2, 0) is 9.53 Å². The molecular formula is C13H15BrFNO2S. The van der Waals surface area contributed by atoms with E-state index in [1.165, 1.54) is 13.2 Å². The first-order valence-corrected chi connectivity index (χ1v) is 7.68. The molecule has 19 heavy (non-hydrogen) atoms. The molecule has 1 aliphatic carbocycles. The molecule has 0 radical (unpaired) electrons. The Kier molecular flexibility index (Phi) is 4.40. The van der Waals surface area contributed by atoms with Crippen molar-refractivity contribution in [1.82, 2.24) is 0 Å². The molecule has 3 nitrogen and oxygen atoms in total. The Morgan fingerprint density at radius 2 is 2.26 bits per heavy atom. The van der Waals surface area contributed by atoms with Crippen molar-refractivity contribution in [2.24, 2.45) is 5.41 Å². The summed E-state index contributed by atoms with van der Waals surface area (Å²) in [5, 5.41) is 0. The molecule has 0 aliphatic heterocycles. The van der Waals surface area contributed by atoms with E-state index in [0.717, 1.165) is 23.5 Å². The van der Waals surface area contributed by atoms with Crippen LogP contribution in [0.2, 0.25) is 0 Å². The molecule has 0 aromatic heterocycles. The molecule has 1 aliphatic rings. The maximum atomic E-state index is 13.3. The minimum atomic E-state index is -0.363. The van der Waals surface area contributed by atoms with E-state index in [4.69, 9.17) is 10.5 Å². The van der Waals surface area contributed by atoms with Gasteiger partial charge < -0.3 is 10.5 Å². The van der Waals surface area contributed by atoms with Crippen LogP contribution in [0, 0.1) is 11.2 Å². The summed E-state index contributed by atoms with van der Waals surface area (Å²) in [6.07, 6.45) is 2.49. The number of nitrogen functional groups attached to an aromatic ring is 1. The number of carbonyl (C=O) groups excluding carboxylic acids is 1. The molecule has 1 aromatic carbocycles. The van der Waals surface area contributed by atoms with Gasteiger partial charge >= 0.3 is 5.97 Å². The first-order valence-electron chi connectivity index (χ1n) is 5.90. The molecule has 2 rings (SSSR count). The summed E-state index contributed by atoms with van der Waals surface area (Å²) in [5.41, 5.74) is 6.26. The topological polar surface area (TPSA) is 52.3 Å². The van der Waals surface area contributed by atoms with Gasteiger partial charge in [0.2, 0.25) is 0 Å². The predicted molar refractivity (Wildman–Crippen MR) is 77.5 cm³/mol. The number of ether oxygens (including phenoxy) is 1. The lowest BCUT2D eigenvalue weighted by molar-refractivity contribution is -0.141. The number of halogens is 2. The van der Waals surface area contributed by atoms with Crippen molar-refractivity contribution in [3.63, 3.8) is 0 Å². The molecule has 2 N–H and O–H groups in total. The molecule has 0 atom stereocenters. The van der Waals surface area contributed by atoms with Gasteiger partial charge in [-0.1, -0.05) is 0 Å². The van der Waals surface area contributed by atoms with Gasteiger partial charge in [-0.15, -0.1) is 11.8 Å². The second-order valence-electron chi connectivity index (χ2n) is 4.85. The monoisotopic (exact) mass is 347 g/mol. The van der Waals surface area contributed by atoms with Crippen molar-refractivity contribution in [1.29, 1.82) is 0 Å². The average Bonchev–Trinajstić information content (AvgIpc) is 3.12. The van der Waals surface area contributed by atoms with Crippen molar-refractivity contribution in [3.8, 4) is 0 Å². The lowest BCUT2D eigenvalue weighted by atomic mass is 10.1. The van der Waals surface area contributed by atoms with Crippen LogP contribution in [0.5, 0.6) is 0 Å². The van der Waals surface area contributed by atoms with Gasteiger partial charge in [0.25, 0.3) is 0 Å². The van der Waals surface area contributed by atoms with Crippen LogP contribution in [0.15, 0.2) is 21.5 Å². The van der Waals surface area contributed by atoms with E-state index in [1.54, 1.807) is 17.8 Å². The molecule has 0 unspecified atom stereocenters. The normalized spacial score (nSPS) is 16.2. The van der Waals surface area contributed by atoms with Gasteiger partial charge in [-0.25, -0.2) is 4.39 Å². The van der Waals surface area contributed by atoms with E-state index in [1.807, 2.05) is 0 Å². The van der Waals surface area contributed by atoms with Crippen molar-refractivity contribution < 1.29 is 13.9 Å². The van der Waals surface area contributed by atoms with Crippen LogP contribution in [-0.4, -0.2) is 18.8 Å². The third-order valence-electron chi connectivity index (χ3n) is 3.29. The van der Waals surface area contributed by atoms with Crippen LogP contribution in [0.4, 0.5) is 10.1 Å². The number of esters is 1. The SMILES string of the molecule is COC(=O)CC1(CSc2cc(Br)c(F)cc2N)CC1. The molecule has 6 heteroatoms. The maximum Gasteiger partial charge on any atom is 0.306 e. The number of thioether (sulfide) groups is 1. The summed E-state index contributed by atoms with van der Waals surface area (Å²) in [4.78, 5) is 12.2. The van der Waals surface area contributed by atoms with E-state index < -0.39 is 0 Å². The number of rotatable bonds is 5. The van der Waals surface area contributed by atoms with Gasteiger partial charge in [-0.05, 0) is 46.3 Å². The Morgan fingerprint density at radius 1 is 1.58 bits per heavy atom. The zero-order chi connectivity index (χ0) is 14.0. The van der Waals surface area contributed by atoms with Crippen molar-refractivity contribution in [3.05, 3.63) is 22.4 Å². The van der Waals surface area contributed by atoms with E-state index >= 15 is 0 Å². The fraction of sp³-hybridized carbons (Fsp3) is 0.462. The number of hydrogen-bond donors (Lipinski definition) is 1. The molecular weight excluding hydrogens is 333 g/mol. The molecule has 1 aromatic rings. The molecule has 0 saturated heterocycles. The average molecular weight is 348 g/mol. The fourth-order valence-corrected chi connectivity index (χ4v) is 3.60. The quantitative estimate of drug-likeness (QED) is 0.502. The highest BCUT2D eigenvalue weighted by atomic mass is 79.9. The number of nitrogens with two attached hydrogens (primary N) is 1. The van der Waals surface area contributed by atoms with Gasteiger partial charge in [0.05, 0.1) is 18.0 Å². The largest absolute Gasteiger partial charge is 0.469 e.